The van der Waals surface area contributed by atoms with Gasteiger partial charge in [0.15, 0.2) is 0 Å². The van der Waals surface area contributed by atoms with Gasteiger partial charge in [0, 0.05) is 44.5 Å². The minimum Gasteiger partial charge on any atom is -0.494 e. The van der Waals surface area contributed by atoms with E-state index < -0.39 is 0 Å². The van der Waals surface area contributed by atoms with Crippen molar-refractivity contribution in [3.8, 4) is 5.75 Å². The van der Waals surface area contributed by atoms with Crippen LogP contribution in [0.3, 0.4) is 0 Å². The zero-order valence-corrected chi connectivity index (χ0v) is 16.7. The summed E-state index contributed by atoms with van der Waals surface area (Å²) >= 11 is 0. The summed E-state index contributed by atoms with van der Waals surface area (Å²) in [6.07, 6.45) is 3.42. The van der Waals surface area contributed by atoms with Crippen molar-refractivity contribution in [1.29, 1.82) is 0 Å². The van der Waals surface area contributed by atoms with Gasteiger partial charge in [0.2, 0.25) is 0 Å². The molecule has 7 nitrogen and oxygen atoms in total. The minimum absolute atomic E-state index is 0.00206. The average Bonchev–Trinajstić information content (AvgIpc) is 2.79. The van der Waals surface area contributed by atoms with E-state index >= 15 is 0 Å². The van der Waals surface area contributed by atoms with Crippen LogP contribution in [0, 0.1) is 0 Å². The van der Waals surface area contributed by atoms with E-state index in [0.29, 0.717) is 38.4 Å². The van der Waals surface area contributed by atoms with Gasteiger partial charge in [0.1, 0.15) is 17.1 Å². The maximum absolute atomic E-state index is 12.6. The SMILES string of the molecule is COc1ccc(CN(C)c2ccc(C(=O)N3CCOCC3)cn2)c2cccnc12. The molecule has 0 atom stereocenters. The third kappa shape index (κ3) is 4.00. The summed E-state index contributed by atoms with van der Waals surface area (Å²) in [6, 6.07) is 11.7. The molecule has 1 fully saturated rings. The standard InChI is InChI=1S/C22H24N4O3/c1-25(15-17-5-7-19(28-2)21-18(17)4-3-9-23-21)20-8-6-16(14-24-20)22(27)26-10-12-29-13-11-26/h3-9,14H,10-13,15H2,1-2H3. The Bertz CT molecular complexity index is 1000. The van der Waals surface area contributed by atoms with Crippen molar-refractivity contribution in [1.82, 2.24) is 14.9 Å². The molecule has 1 aromatic carbocycles. The zero-order valence-electron chi connectivity index (χ0n) is 16.7. The number of rotatable bonds is 5. The number of hydrogen-bond donors (Lipinski definition) is 0. The average molecular weight is 392 g/mol. The second-order valence-electron chi connectivity index (χ2n) is 6.99. The Kier molecular flexibility index (Phi) is 5.57. The van der Waals surface area contributed by atoms with E-state index in [-0.39, 0.29) is 5.91 Å². The van der Waals surface area contributed by atoms with Crippen LogP contribution in [0.15, 0.2) is 48.8 Å². The lowest BCUT2D eigenvalue weighted by Gasteiger charge is -2.27. The van der Waals surface area contributed by atoms with Gasteiger partial charge in [0.05, 0.1) is 25.9 Å². The van der Waals surface area contributed by atoms with Crippen LogP contribution in [0.5, 0.6) is 5.75 Å². The molecule has 3 aromatic rings. The molecule has 0 aliphatic carbocycles. The maximum atomic E-state index is 12.6. The summed E-state index contributed by atoms with van der Waals surface area (Å²) in [7, 11) is 3.64. The fourth-order valence-corrected chi connectivity index (χ4v) is 3.53. The van der Waals surface area contributed by atoms with Crippen LogP contribution >= 0.6 is 0 Å². The molecule has 3 heterocycles. The van der Waals surface area contributed by atoms with Gasteiger partial charge in [-0.05, 0) is 29.8 Å². The first-order valence-corrected chi connectivity index (χ1v) is 9.62. The first kappa shape index (κ1) is 19.1. The first-order valence-electron chi connectivity index (χ1n) is 9.62. The number of carbonyl (C=O) groups is 1. The van der Waals surface area contributed by atoms with Gasteiger partial charge >= 0.3 is 0 Å². The molecule has 150 valence electrons. The molecule has 7 heteroatoms. The van der Waals surface area contributed by atoms with E-state index in [0.717, 1.165) is 28.0 Å². The molecular weight excluding hydrogens is 368 g/mol. The highest BCUT2D eigenvalue weighted by Crippen LogP contribution is 2.27. The number of ether oxygens (including phenoxy) is 2. The third-order valence-electron chi connectivity index (χ3n) is 5.13. The lowest BCUT2D eigenvalue weighted by Crippen LogP contribution is -2.40. The van der Waals surface area contributed by atoms with Gasteiger partial charge < -0.3 is 19.3 Å². The van der Waals surface area contributed by atoms with Crippen LogP contribution in [0.4, 0.5) is 5.82 Å². The number of morpholine rings is 1. The maximum Gasteiger partial charge on any atom is 0.255 e. The molecule has 0 spiro atoms. The van der Waals surface area contributed by atoms with E-state index in [1.54, 1.807) is 24.4 Å². The van der Waals surface area contributed by atoms with Gasteiger partial charge in [-0.25, -0.2) is 4.98 Å². The van der Waals surface area contributed by atoms with Crippen LogP contribution < -0.4 is 9.64 Å². The summed E-state index contributed by atoms with van der Waals surface area (Å²) in [5, 5.41) is 1.05. The van der Waals surface area contributed by atoms with Crippen molar-refractivity contribution in [3.63, 3.8) is 0 Å². The fourth-order valence-electron chi connectivity index (χ4n) is 3.53. The topological polar surface area (TPSA) is 67.8 Å². The molecule has 0 N–H and O–H groups in total. The lowest BCUT2D eigenvalue weighted by atomic mass is 10.1. The van der Waals surface area contributed by atoms with Crippen molar-refractivity contribution in [2.75, 3.05) is 45.4 Å². The molecule has 2 aromatic heterocycles. The van der Waals surface area contributed by atoms with Gasteiger partial charge in [-0.1, -0.05) is 12.1 Å². The molecule has 0 saturated carbocycles. The number of fused-ring (bicyclic) bond motifs is 1. The second-order valence-corrected chi connectivity index (χ2v) is 6.99. The summed E-state index contributed by atoms with van der Waals surface area (Å²) < 4.78 is 10.7. The predicted molar refractivity (Wildman–Crippen MR) is 111 cm³/mol. The molecule has 1 aliphatic rings. The fraction of sp³-hybridized carbons (Fsp3) is 0.318. The number of hydrogen-bond acceptors (Lipinski definition) is 6. The highest BCUT2D eigenvalue weighted by atomic mass is 16.5. The number of anilines is 1. The van der Waals surface area contributed by atoms with E-state index in [9.17, 15) is 4.79 Å². The Hall–Kier alpha value is -3.19. The second kappa shape index (κ2) is 8.45. The summed E-state index contributed by atoms with van der Waals surface area (Å²) in [4.78, 5) is 25.4. The van der Waals surface area contributed by atoms with Crippen LogP contribution in [0.2, 0.25) is 0 Å². The molecule has 29 heavy (non-hydrogen) atoms. The minimum atomic E-state index is 0.00206. The number of nitrogens with zero attached hydrogens (tertiary/aromatic N) is 4. The Morgan fingerprint density at radius 3 is 2.72 bits per heavy atom. The van der Waals surface area contributed by atoms with E-state index in [1.165, 1.54) is 0 Å². The Morgan fingerprint density at radius 2 is 2.00 bits per heavy atom. The van der Waals surface area contributed by atoms with Gasteiger partial charge in [-0.2, -0.15) is 0 Å². The monoisotopic (exact) mass is 392 g/mol. The number of carbonyl (C=O) groups excluding carboxylic acids is 1. The summed E-state index contributed by atoms with van der Waals surface area (Å²) in [5.74, 6) is 1.56. The quantitative estimate of drug-likeness (QED) is 0.665. The molecule has 1 amide bonds. The molecule has 0 unspecified atom stereocenters. The number of benzene rings is 1. The van der Waals surface area contributed by atoms with E-state index in [1.807, 2.05) is 37.4 Å². The summed E-state index contributed by atoms with van der Waals surface area (Å²) in [5.41, 5.74) is 2.58. The van der Waals surface area contributed by atoms with Crippen LogP contribution in [-0.4, -0.2) is 61.2 Å². The van der Waals surface area contributed by atoms with Crippen LogP contribution in [0.1, 0.15) is 15.9 Å². The summed E-state index contributed by atoms with van der Waals surface area (Å²) in [6.45, 7) is 3.09. The Balaban J connectivity index is 1.51. The number of methoxy groups -OCH3 is 1. The van der Waals surface area contributed by atoms with Crippen molar-refractivity contribution < 1.29 is 14.3 Å². The Morgan fingerprint density at radius 1 is 1.17 bits per heavy atom. The van der Waals surface area contributed by atoms with Crippen LogP contribution in [-0.2, 0) is 11.3 Å². The molecular formula is C22H24N4O3. The normalized spacial score (nSPS) is 14.1. The largest absolute Gasteiger partial charge is 0.494 e. The van der Waals surface area contributed by atoms with Crippen molar-refractivity contribution in [2.45, 2.75) is 6.54 Å². The highest BCUT2D eigenvalue weighted by molar-refractivity contribution is 5.94. The highest BCUT2D eigenvalue weighted by Gasteiger charge is 2.19. The molecule has 4 rings (SSSR count). The van der Waals surface area contributed by atoms with E-state index in [2.05, 4.69) is 20.9 Å². The zero-order chi connectivity index (χ0) is 20.2. The van der Waals surface area contributed by atoms with Gasteiger partial charge in [-0.3, -0.25) is 9.78 Å². The molecule has 1 saturated heterocycles. The van der Waals surface area contributed by atoms with E-state index in [4.69, 9.17) is 9.47 Å². The molecule has 1 aliphatic heterocycles. The third-order valence-corrected chi connectivity index (χ3v) is 5.13. The smallest absolute Gasteiger partial charge is 0.255 e. The number of amides is 1. The van der Waals surface area contributed by atoms with Crippen molar-refractivity contribution >= 4 is 22.6 Å². The molecule has 0 bridgehead atoms. The lowest BCUT2D eigenvalue weighted by molar-refractivity contribution is 0.0302. The predicted octanol–water partition coefficient (Wildman–Crippen LogP) is 2.75. The molecule has 0 radical (unpaired) electrons. The Labute approximate surface area is 169 Å². The van der Waals surface area contributed by atoms with Gasteiger partial charge in [-0.15, -0.1) is 0 Å². The van der Waals surface area contributed by atoms with Crippen molar-refractivity contribution in [2.24, 2.45) is 0 Å². The number of aromatic nitrogens is 2. The number of pyridine rings is 2. The van der Waals surface area contributed by atoms with Crippen LogP contribution in [0.25, 0.3) is 10.9 Å². The first-order chi connectivity index (χ1) is 14.2. The van der Waals surface area contributed by atoms with Crippen molar-refractivity contribution in [3.05, 3.63) is 59.9 Å². The van der Waals surface area contributed by atoms with Gasteiger partial charge in [0.25, 0.3) is 5.91 Å².